The third kappa shape index (κ3) is 5.32. The maximum atomic E-state index is 12.1. The topological polar surface area (TPSA) is 132 Å². The lowest BCUT2D eigenvalue weighted by Gasteiger charge is -2.12. The number of nitrogens with one attached hydrogen (secondary N) is 2. The summed E-state index contributed by atoms with van der Waals surface area (Å²) in [6, 6.07) is 10.8. The fourth-order valence-corrected chi connectivity index (χ4v) is 2.31. The van der Waals surface area contributed by atoms with Crippen LogP contribution < -0.4 is 21.1 Å². The first kappa shape index (κ1) is 19.9. The van der Waals surface area contributed by atoms with Gasteiger partial charge in [0.05, 0.1) is 0 Å². The van der Waals surface area contributed by atoms with Crippen LogP contribution in [0.1, 0.15) is 36.9 Å². The molecule has 29 heavy (non-hydrogen) atoms. The molecule has 4 N–H and O–H groups in total. The number of pyridine rings is 1. The number of aromatic nitrogens is 2. The molecular formula is C20H21N5O4. The van der Waals surface area contributed by atoms with Gasteiger partial charge in [0.15, 0.2) is 5.82 Å². The van der Waals surface area contributed by atoms with Crippen molar-refractivity contribution in [3.05, 3.63) is 60.0 Å². The zero-order valence-electron chi connectivity index (χ0n) is 16.2. The first-order valence-electron chi connectivity index (χ1n) is 8.80. The average molecular weight is 395 g/mol. The molecule has 0 saturated carbocycles. The summed E-state index contributed by atoms with van der Waals surface area (Å²) in [5.74, 6) is 1.15. The van der Waals surface area contributed by atoms with Gasteiger partial charge in [0, 0.05) is 35.0 Å². The summed E-state index contributed by atoms with van der Waals surface area (Å²) in [4.78, 5) is 27.4. The van der Waals surface area contributed by atoms with E-state index in [-0.39, 0.29) is 11.3 Å². The van der Waals surface area contributed by atoms with Gasteiger partial charge in [0.2, 0.25) is 11.8 Å². The van der Waals surface area contributed by atoms with Gasteiger partial charge in [0.1, 0.15) is 11.5 Å². The number of benzene rings is 1. The summed E-state index contributed by atoms with van der Waals surface area (Å²) >= 11 is 0. The second-order valence-electron chi connectivity index (χ2n) is 7.28. The molecule has 0 radical (unpaired) electrons. The molecule has 150 valence electrons. The van der Waals surface area contributed by atoms with Crippen molar-refractivity contribution in [2.24, 2.45) is 5.73 Å². The molecule has 3 aromatic rings. The molecule has 0 aliphatic carbocycles. The van der Waals surface area contributed by atoms with Crippen LogP contribution in [-0.4, -0.2) is 22.1 Å². The number of ether oxygens (including phenoxy) is 1. The Kier molecular flexibility index (Phi) is 5.49. The summed E-state index contributed by atoms with van der Waals surface area (Å²) < 4.78 is 10.8. The van der Waals surface area contributed by atoms with E-state index in [1.807, 2.05) is 20.8 Å². The summed E-state index contributed by atoms with van der Waals surface area (Å²) in [5, 5.41) is 9.14. The lowest BCUT2D eigenvalue weighted by Crippen LogP contribution is -2.19. The van der Waals surface area contributed by atoms with Crippen LogP contribution in [0.2, 0.25) is 0 Å². The maximum absolute atomic E-state index is 12.1. The maximum Gasteiger partial charge on any atom is 0.324 e. The van der Waals surface area contributed by atoms with Crippen molar-refractivity contribution >= 4 is 23.4 Å². The van der Waals surface area contributed by atoms with Crippen LogP contribution >= 0.6 is 0 Å². The lowest BCUT2D eigenvalue weighted by molar-refractivity contribution is 0.1000. The van der Waals surface area contributed by atoms with Crippen molar-refractivity contribution in [3.63, 3.8) is 0 Å². The highest BCUT2D eigenvalue weighted by molar-refractivity contribution is 5.99. The van der Waals surface area contributed by atoms with Crippen molar-refractivity contribution < 1.29 is 18.8 Å². The van der Waals surface area contributed by atoms with E-state index in [1.165, 1.54) is 18.3 Å². The van der Waals surface area contributed by atoms with E-state index in [9.17, 15) is 9.59 Å². The van der Waals surface area contributed by atoms with Gasteiger partial charge in [-0.1, -0.05) is 25.9 Å². The minimum atomic E-state index is -0.565. The number of nitrogens with zero attached hydrogens (tertiary/aromatic N) is 2. The van der Waals surface area contributed by atoms with Crippen molar-refractivity contribution in [2.75, 3.05) is 10.6 Å². The van der Waals surface area contributed by atoms with Crippen molar-refractivity contribution in [2.45, 2.75) is 26.2 Å². The number of primary amides is 1. The fraction of sp³-hybridized carbons (Fsp3) is 0.200. The van der Waals surface area contributed by atoms with Crippen LogP contribution in [0.4, 0.5) is 16.3 Å². The Balaban J connectivity index is 1.59. The van der Waals surface area contributed by atoms with E-state index < -0.39 is 11.9 Å². The molecule has 0 saturated heterocycles. The highest BCUT2D eigenvalue weighted by atomic mass is 16.5. The minimum Gasteiger partial charge on any atom is -0.439 e. The van der Waals surface area contributed by atoms with Gasteiger partial charge in [-0.15, -0.1) is 0 Å². The van der Waals surface area contributed by atoms with Crippen molar-refractivity contribution in [1.29, 1.82) is 0 Å². The van der Waals surface area contributed by atoms with E-state index in [2.05, 4.69) is 20.8 Å². The molecule has 0 bridgehead atoms. The molecule has 2 aromatic heterocycles. The fourth-order valence-electron chi connectivity index (χ4n) is 2.31. The molecule has 9 heteroatoms. The first-order valence-corrected chi connectivity index (χ1v) is 8.80. The van der Waals surface area contributed by atoms with E-state index in [0.717, 1.165) is 0 Å². The third-order valence-electron chi connectivity index (χ3n) is 3.84. The largest absolute Gasteiger partial charge is 0.439 e. The van der Waals surface area contributed by atoms with Gasteiger partial charge in [-0.2, -0.15) is 0 Å². The van der Waals surface area contributed by atoms with Crippen molar-refractivity contribution in [1.82, 2.24) is 10.1 Å². The Morgan fingerprint density at radius 3 is 2.41 bits per heavy atom. The summed E-state index contributed by atoms with van der Waals surface area (Å²) in [6.07, 6.45) is 1.44. The Morgan fingerprint density at radius 1 is 1.07 bits per heavy atom. The van der Waals surface area contributed by atoms with Gasteiger partial charge in [0.25, 0.3) is 0 Å². The molecule has 3 rings (SSSR count). The predicted molar refractivity (Wildman–Crippen MR) is 107 cm³/mol. The number of rotatable bonds is 5. The summed E-state index contributed by atoms with van der Waals surface area (Å²) in [7, 11) is 0. The number of carbonyl (C=O) groups excluding carboxylic acids is 2. The monoisotopic (exact) mass is 395 g/mol. The molecule has 0 aliphatic rings. The first-order chi connectivity index (χ1) is 13.7. The molecule has 0 fully saturated rings. The zero-order valence-corrected chi connectivity index (χ0v) is 16.2. The summed E-state index contributed by atoms with van der Waals surface area (Å²) in [5.41, 5.74) is 5.89. The van der Waals surface area contributed by atoms with Crippen LogP contribution in [0.25, 0.3) is 0 Å². The third-order valence-corrected chi connectivity index (χ3v) is 3.84. The number of amides is 3. The number of hydrogen-bond acceptors (Lipinski definition) is 6. The quantitative estimate of drug-likeness (QED) is 0.600. The average Bonchev–Trinajstić information content (AvgIpc) is 3.12. The molecule has 0 spiro atoms. The van der Waals surface area contributed by atoms with Crippen molar-refractivity contribution in [3.8, 4) is 11.6 Å². The van der Waals surface area contributed by atoms with Crippen LogP contribution in [0.5, 0.6) is 11.6 Å². The number of carbonyl (C=O) groups is 2. The highest BCUT2D eigenvalue weighted by Crippen LogP contribution is 2.25. The Morgan fingerprint density at radius 2 is 1.79 bits per heavy atom. The van der Waals surface area contributed by atoms with Gasteiger partial charge in [-0.25, -0.2) is 9.78 Å². The second-order valence-corrected chi connectivity index (χ2v) is 7.28. The van der Waals surface area contributed by atoms with Crippen LogP contribution in [-0.2, 0) is 5.41 Å². The molecule has 0 aliphatic heterocycles. The van der Waals surface area contributed by atoms with Gasteiger partial charge < -0.3 is 20.3 Å². The molecule has 2 heterocycles. The Bertz CT molecular complexity index is 1020. The lowest BCUT2D eigenvalue weighted by atomic mass is 9.93. The minimum absolute atomic E-state index is 0.203. The van der Waals surface area contributed by atoms with E-state index in [1.54, 1.807) is 30.3 Å². The second kappa shape index (κ2) is 8.01. The molecule has 1 aromatic carbocycles. The standard InChI is InChI=1S/C20H21N5O4/c1-20(2,3)15-11-16(25-29-15)24-19(27)23-13-4-6-14(7-5-13)28-17-10-12(18(21)26)8-9-22-17/h4-11H,1-3H3,(H2,21,26)(H2,23,24,25,27). The normalized spacial score (nSPS) is 11.0. The number of urea groups is 1. The van der Waals surface area contributed by atoms with Gasteiger partial charge >= 0.3 is 6.03 Å². The Labute approximate surface area is 167 Å². The van der Waals surface area contributed by atoms with Crippen LogP contribution in [0.15, 0.2) is 53.2 Å². The van der Waals surface area contributed by atoms with Gasteiger partial charge in [-0.05, 0) is 30.3 Å². The summed E-state index contributed by atoms with van der Waals surface area (Å²) in [6.45, 7) is 5.96. The van der Waals surface area contributed by atoms with E-state index in [4.69, 9.17) is 15.0 Å². The number of nitrogens with two attached hydrogens (primary N) is 1. The highest BCUT2D eigenvalue weighted by Gasteiger charge is 2.20. The van der Waals surface area contributed by atoms with Gasteiger partial charge in [-0.3, -0.25) is 10.1 Å². The smallest absolute Gasteiger partial charge is 0.324 e. The SMILES string of the molecule is CC(C)(C)c1cc(NC(=O)Nc2ccc(Oc3cc(C(N)=O)ccn3)cc2)no1. The number of anilines is 2. The molecule has 9 nitrogen and oxygen atoms in total. The van der Waals surface area contributed by atoms with E-state index >= 15 is 0 Å². The molecule has 3 amide bonds. The molecule has 0 atom stereocenters. The zero-order chi connectivity index (χ0) is 21.0. The van der Waals surface area contributed by atoms with Crippen LogP contribution in [0, 0.1) is 0 Å². The Hall–Kier alpha value is -3.88. The predicted octanol–water partition coefficient (Wildman–Crippen LogP) is 3.90. The van der Waals surface area contributed by atoms with Crippen LogP contribution in [0.3, 0.4) is 0 Å². The molecule has 0 unspecified atom stereocenters. The number of hydrogen-bond donors (Lipinski definition) is 3. The molecular weight excluding hydrogens is 374 g/mol. The van der Waals surface area contributed by atoms with E-state index in [0.29, 0.717) is 28.6 Å².